The minimum absolute atomic E-state index is 0.179. The Labute approximate surface area is 196 Å². The van der Waals surface area contributed by atoms with Crippen LogP contribution in [0.1, 0.15) is 0 Å². The number of rotatable bonds is 4. The van der Waals surface area contributed by atoms with Gasteiger partial charge in [0.15, 0.2) is 40.7 Å². The van der Waals surface area contributed by atoms with Crippen molar-refractivity contribution in [3.05, 3.63) is 114 Å². The van der Waals surface area contributed by atoms with E-state index in [2.05, 4.69) is 15.0 Å². The fourth-order valence-electron chi connectivity index (χ4n) is 3.58. The maximum Gasteiger partial charge on any atom is 0.200 e. The molecule has 0 N–H and O–H groups in total. The van der Waals surface area contributed by atoms with Crippen LogP contribution >= 0.6 is 0 Å². The molecule has 0 fully saturated rings. The third-order valence-electron chi connectivity index (χ3n) is 5.34. The molecule has 5 aromatic rings. The highest BCUT2D eigenvalue weighted by molar-refractivity contribution is 5.71. The van der Waals surface area contributed by atoms with Crippen molar-refractivity contribution in [2.24, 2.45) is 0 Å². The van der Waals surface area contributed by atoms with Crippen molar-refractivity contribution in [2.45, 2.75) is 0 Å². The maximum absolute atomic E-state index is 14.2. The molecule has 0 radical (unpaired) electrons. The van der Waals surface area contributed by atoms with E-state index in [0.717, 1.165) is 11.1 Å². The minimum Gasteiger partial charge on any atom is -0.208 e. The van der Waals surface area contributed by atoms with Crippen LogP contribution < -0.4 is 0 Å². The van der Waals surface area contributed by atoms with E-state index >= 15 is 0 Å². The fraction of sp³-hybridized carbons (Fsp3) is 0. The van der Waals surface area contributed by atoms with Crippen LogP contribution in [0.25, 0.3) is 45.3 Å². The highest BCUT2D eigenvalue weighted by Crippen LogP contribution is 2.33. The second kappa shape index (κ2) is 9.06. The molecule has 172 valence electrons. The Morgan fingerprint density at radius 1 is 0.343 bits per heavy atom. The highest BCUT2D eigenvalue weighted by atomic mass is 19.2. The van der Waals surface area contributed by atoms with Crippen molar-refractivity contribution < 1.29 is 22.0 Å². The summed E-state index contributed by atoms with van der Waals surface area (Å²) in [5.41, 5.74) is 0.799. The van der Waals surface area contributed by atoms with Gasteiger partial charge in [-0.1, -0.05) is 84.9 Å². The average molecular weight is 475 g/mol. The van der Waals surface area contributed by atoms with Gasteiger partial charge in [0.2, 0.25) is 5.82 Å². The molecule has 0 unspecified atom stereocenters. The van der Waals surface area contributed by atoms with Crippen LogP contribution in [0.15, 0.2) is 84.9 Å². The summed E-state index contributed by atoms with van der Waals surface area (Å²) >= 11 is 0. The first-order valence-corrected chi connectivity index (χ1v) is 10.4. The highest BCUT2D eigenvalue weighted by Gasteiger charge is 2.26. The van der Waals surface area contributed by atoms with Gasteiger partial charge in [-0.15, -0.1) is 0 Å². The van der Waals surface area contributed by atoms with Crippen LogP contribution in [-0.2, 0) is 0 Å². The Bertz CT molecular complexity index is 1440. The molecule has 0 atom stereocenters. The summed E-state index contributed by atoms with van der Waals surface area (Å²) in [6.45, 7) is 0. The van der Waals surface area contributed by atoms with Crippen LogP contribution in [0.3, 0.4) is 0 Å². The molecule has 4 aromatic carbocycles. The largest absolute Gasteiger partial charge is 0.208 e. The third-order valence-corrected chi connectivity index (χ3v) is 5.34. The van der Waals surface area contributed by atoms with Gasteiger partial charge in [-0.25, -0.2) is 36.9 Å². The molecule has 0 amide bonds. The quantitative estimate of drug-likeness (QED) is 0.156. The molecule has 5 rings (SSSR count). The van der Waals surface area contributed by atoms with E-state index < -0.39 is 34.6 Å². The Morgan fingerprint density at radius 2 is 0.657 bits per heavy atom. The number of aromatic nitrogens is 3. The number of nitrogens with zero attached hydrogens (tertiary/aromatic N) is 3. The van der Waals surface area contributed by atoms with Crippen molar-refractivity contribution in [1.82, 2.24) is 15.0 Å². The van der Waals surface area contributed by atoms with Crippen molar-refractivity contribution >= 4 is 0 Å². The molecule has 0 aliphatic heterocycles. The summed E-state index contributed by atoms with van der Waals surface area (Å²) in [5, 5.41) is 0. The average Bonchev–Trinajstić information content (AvgIpc) is 2.92. The standard InChI is InChI=1S/C27H14F5N3/c28-20-19(21(29)23(31)24(32)22(20)30)15-11-13-18(14-12-15)27-34-25(16-7-3-1-4-8-16)33-26(35-27)17-9-5-2-6-10-17/h1-14H. The SMILES string of the molecule is Fc1c(F)c(F)c(-c2ccc(-c3nc(-c4ccccc4)nc(-c4ccccc4)n3)cc2)c(F)c1F. The number of benzene rings is 4. The van der Waals surface area contributed by atoms with E-state index in [1.807, 2.05) is 60.7 Å². The Balaban J connectivity index is 1.62. The fourth-order valence-corrected chi connectivity index (χ4v) is 3.58. The molecule has 0 saturated heterocycles. The lowest BCUT2D eigenvalue weighted by molar-refractivity contribution is 0.381. The van der Waals surface area contributed by atoms with Gasteiger partial charge in [-0.3, -0.25) is 0 Å². The topological polar surface area (TPSA) is 38.7 Å². The molecule has 0 spiro atoms. The van der Waals surface area contributed by atoms with Crippen molar-refractivity contribution in [3.63, 3.8) is 0 Å². The van der Waals surface area contributed by atoms with Crippen LogP contribution in [0, 0.1) is 29.1 Å². The Hall–Kier alpha value is -4.46. The van der Waals surface area contributed by atoms with E-state index in [9.17, 15) is 22.0 Å². The summed E-state index contributed by atoms with van der Waals surface area (Å²) in [6, 6.07) is 23.9. The lowest BCUT2D eigenvalue weighted by Gasteiger charge is -2.10. The number of hydrogen-bond donors (Lipinski definition) is 0. The molecule has 0 saturated carbocycles. The second-order valence-electron chi connectivity index (χ2n) is 7.56. The second-order valence-corrected chi connectivity index (χ2v) is 7.56. The molecule has 0 aliphatic carbocycles. The Kier molecular flexibility index (Phi) is 5.78. The zero-order chi connectivity index (χ0) is 24.5. The van der Waals surface area contributed by atoms with Crippen molar-refractivity contribution in [3.8, 4) is 45.3 Å². The maximum atomic E-state index is 14.2. The van der Waals surface area contributed by atoms with Crippen LogP contribution in [0.4, 0.5) is 22.0 Å². The van der Waals surface area contributed by atoms with E-state index in [4.69, 9.17) is 0 Å². The van der Waals surface area contributed by atoms with Gasteiger partial charge < -0.3 is 0 Å². The number of halogens is 5. The Morgan fingerprint density at radius 3 is 1.06 bits per heavy atom. The lowest BCUT2D eigenvalue weighted by Crippen LogP contribution is -2.04. The van der Waals surface area contributed by atoms with E-state index in [0.29, 0.717) is 17.2 Å². The first kappa shape index (κ1) is 22.3. The molecule has 8 heteroatoms. The monoisotopic (exact) mass is 475 g/mol. The zero-order valence-corrected chi connectivity index (χ0v) is 17.8. The molecular formula is C27H14F5N3. The summed E-state index contributed by atoms with van der Waals surface area (Å²) in [7, 11) is 0. The summed E-state index contributed by atoms with van der Waals surface area (Å²) < 4.78 is 69.2. The van der Waals surface area contributed by atoms with Gasteiger partial charge in [0.1, 0.15) is 0 Å². The number of hydrogen-bond acceptors (Lipinski definition) is 3. The van der Waals surface area contributed by atoms with E-state index in [1.54, 1.807) is 0 Å². The summed E-state index contributed by atoms with van der Waals surface area (Å²) in [6.07, 6.45) is 0. The minimum atomic E-state index is -2.20. The van der Waals surface area contributed by atoms with Crippen LogP contribution in [-0.4, -0.2) is 15.0 Å². The summed E-state index contributed by atoms with van der Waals surface area (Å²) in [5.74, 6) is -8.88. The smallest absolute Gasteiger partial charge is 0.200 e. The van der Waals surface area contributed by atoms with Gasteiger partial charge in [-0.05, 0) is 5.56 Å². The van der Waals surface area contributed by atoms with E-state index in [1.165, 1.54) is 24.3 Å². The van der Waals surface area contributed by atoms with Gasteiger partial charge >= 0.3 is 0 Å². The lowest BCUT2D eigenvalue weighted by atomic mass is 10.0. The molecule has 1 heterocycles. The molecule has 3 nitrogen and oxygen atoms in total. The van der Waals surface area contributed by atoms with Gasteiger partial charge in [0, 0.05) is 16.7 Å². The normalized spacial score (nSPS) is 11.0. The molecular weight excluding hydrogens is 461 g/mol. The summed E-state index contributed by atoms with van der Waals surface area (Å²) in [4.78, 5) is 13.6. The van der Waals surface area contributed by atoms with Crippen LogP contribution in [0.5, 0.6) is 0 Å². The predicted octanol–water partition coefficient (Wildman–Crippen LogP) is 7.24. The zero-order valence-electron chi connectivity index (χ0n) is 17.8. The third kappa shape index (κ3) is 4.14. The van der Waals surface area contributed by atoms with Gasteiger partial charge in [0.05, 0.1) is 5.56 Å². The van der Waals surface area contributed by atoms with E-state index in [-0.39, 0.29) is 11.4 Å². The van der Waals surface area contributed by atoms with Gasteiger partial charge in [0.25, 0.3) is 0 Å². The molecule has 0 bridgehead atoms. The predicted molar refractivity (Wildman–Crippen MR) is 121 cm³/mol. The first-order valence-electron chi connectivity index (χ1n) is 10.4. The van der Waals surface area contributed by atoms with Crippen LogP contribution in [0.2, 0.25) is 0 Å². The van der Waals surface area contributed by atoms with Crippen molar-refractivity contribution in [2.75, 3.05) is 0 Å². The van der Waals surface area contributed by atoms with Crippen molar-refractivity contribution in [1.29, 1.82) is 0 Å². The first-order chi connectivity index (χ1) is 16.9. The molecule has 1 aromatic heterocycles. The molecule has 0 aliphatic rings. The van der Waals surface area contributed by atoms with Gasteiger partial charge in [-0.2, -0.15) is 0 Å². The molecule has 35 heavy (non-hydrogen) atoms.